The Kier molecular flexibility index (Phi) is 4.91. The highest BCUT2D eigenvalue weighted by atomic mass is 32.2. The first-order chi connectivity index (χ1) is 13.8. The number of nitrogens with one attached hydrogen (secondary N) is 1. The van der Waals surface area contributed by atoms with Crippen molar-refractivity contribution < 1.29 is 8.42 Å². The minimum Gasteiger partial charge on any atom is -0.402 e. The van der Waals surface area contributed by atoms with Crippen LogP contribution in [0.25, 0.3) is 22.5 Å². The Morgan fingerprint density at radius 2 is 1.93 bits per heavy atom. The lowest BCUT2D eigenvalue weighted by atomic mass is 9.95. The Morgan fingerprint density at radius 3 is 2.52 bits per heavy atom. The number of primary sulfonamides is 1. The summed E-state index contributed by atoms with van der Waals surface area (Å²) in [7, 11) is -3.96. The van der Waals surface area contributed by atoms with Crippen LogP contribution in [-0.4, -0.2) is 47.0 Å². The van der Waals surface area contributed by atoms with Crippen LogP contribution in [0.2, 0.25) is 0 Å². The average molecular weight is 411 g/mol. The smallest absolute Gasteiger partial charge is 0.238 e. The summed E-state index contributed by atoms with van der Waals surface area (Å²) in [6, 6.07) is 12.8. The van der Waals surface area contributed by atoms with Gasteiger partial charge in [-0.25, -0.2) is 18.7 Å². The molecule has 1 saturated heterocycles. The number of rotatable bonds is 6. The topological polar surface area (TPSA) is 144 Å². The Morgan fingerprint density at radius 1 is 1.21 bits per heavy atom. The molecule has 0 saturated carbocycles. The minimum atomic E-state index is -3.96. The summed E-state index contributed by atoms with van der Waals surface area (Å²) < 4.78 is 24.2. The van der Waals surface area contributed by atoms with Crippen molar-refractivity contribution in [3.05, 3.63) is 60.3 Å². The van der Waals surface area contributed by atoms with Crippen LogP contribution in [0.5, 0.6) is 0 Å². The molecule has 150 valence electrons. The maximum atomic E-state index is 12.1. The number of aromatic amines is 1. The minimum absolute atomic E-state index is 0.0359. The second-order valence-corrected chi connectivity index (χ2v) is 8.67. The van der Waals surface area contributed by atoms with Crippen molar-refractivity contribution in [3.8, 4) is 22.5 Å². The summed E-state index contributed by atoms with van der Waals surface area (Å²) in [6.07, 6.45) is 0. The van der Waals surface area contributed by atoms with E-state index in [1.165, 1.54) is 6.07 Å². The lowest BCUT2D eigenvalue weighted by Gasteiger charge is -2.39. The molecule has 4 rings (SSSR count). The predicted octanol–water partition coefficient (Wildman–Crippen LogP) is 1.09. The molecule has 3 aromatic rings. The summed E-state index contributed by atoms with van der Waals surface area (Å²) >= 11 is 0. The van der Waals surface area contributed by atoms with E-state index in [2.05, 4.69) is 32.1 Å². The van der Waals surface area contributed by atoms with Gasteiger partial charge in [-0.3, -0.25) is 4.90 Å². The highest BCUT2D eigenvalue weighted by Crippen LogP contribution is 2.35. The molecular formula is C19H21N7O2S. The molecule has 0 radical (unpaired) electrons. The second-order valence-electron chi connectivity index (χ2n) is 7.14. The summed E-state index contributed by atoms with van der Waals surface area (Å²) in [5, 5.41) is 19.0. The number of nitrogens with zero attached hydrogens (tertiary/aromatic N) is 4. The summed E-state index contributed by atoms with van der Waals surface area (Å²) in [5.41, 5.74) is 9.49. The van der Waals surface area contributed by atoms with Crippen LogP contribution in [0.4, 0.5) is 0 Å². The average Bonchev–Trinajstić information content (AvgIpc) is 3.17. The molecule has 0 aliphatic carbocycles. The zero-order chi connectivity index (χ0) is 20.6. The van der Waals surface area contributed by atoms with Crippen LogP contribution >= 0.6 is 0 Å². The molecule has 1 aliphatic rings. The molecule has 0 spiro atoms. The van der Waals surface area contributed by atoms with Crippen molar-refractivity contribution in [1.82, 2.24) is 25.5 Å². The van der Waals surface area contributed by atoms with Crippen LogP contribution in [0.1, 0.15) is 5.56 Å². The van der Waals surface area contributed by atoms with Gasteiger partial charge in [-0.1, -0.05) is 43.0 Å². The molecule has 0 amide bonds. The third kappa shape index (κ3) is 3.90. The zero-order valence-electron chi connectivity index (χ0n) is 15.6. The molecular weight excluding hydrogens is 390 g/mol. The maximum Gasteiger partial charge on any atom is 0.238 e. The van der Waals surface area contributed by atoms with Gasteiger partial charge < -0.3 is 5.73 Å². The molecule has 0 unspecified atom stereocenters. The van der Waals surface area contributed by atoms with E-state index in [0.29, 0.717) is 17.0 Å². The SMILES string of the molecule is C=C(N)C1CN(Cc2ccc(-c3cccc(S(N)(=O)=O)c3-c3nnn[nH]3)cc2)C1. The van der Waals surface area contributed by atoms with E-state index in [-0.39, 0.29) is 10.7 Å². The first-order valence-corrected chi connectivity index (χ1v) is 10.5. The number of H-pyrrole nitrogens is 1. The van der Waals surface area contributed by atoms with Crippen LogP contribution in [0.15, 0.2) is 59.6 Å². The number of hydrogen-bond acceptors (Lipinski definition) is 7. The van der Waals surface area contributed by atoms with Crippen molar-refractivity contribution >= 4 is 10.0 Å². The van der Waals surface area contributed by atoms with E-state index in [1.54, 1.807) is 6.07 Å². The van der Waals surface area contributed by atoms with Crippen LogP contribution < -0.4 is 10.9 Å². The van der Waals surface area contributed by atoms with Gasteiger partial charge >= 0.3 is 0 Å². The molecule has 1 aromatic heterocycles. The summed E-state index contributed by atoms with van der Waals surface area (Å²) in [6.45, 7) is 6.45. The lowest BCUT2D eigenvalue weighted by molar-refractivity contribution is 0.114. The van der Waals surface area contributed by atoms with E-state index in [4.69, 9.17) is 10.9 Å². The van der Waals surface area contributed by atoms with Crippen molar-refractivity contribution in [1.29, 1.82) is 0 Å². The Balaban J connectivity index is 1.64. The van der Waals surface area contributed by atoms with Crippen molar-refractivity contribution in [2.24, 2.45) is 16.8 Å². The molecule has 5 N–H and O–H groups in total. The summed E-state index contributed by atoms with van der Waals surface area (Å²) in [5.74, 6) is 0.607. The molecule has 9 nitrogen and oxygen atoms in total. The predicted molar refractivity (Wildman–Crippen MR) is 109 cm³/mol. The van der Waals surface area contributed by atoms with Gasteiger partial charge in [-0.2, -0.15) is 0 Å². The van der Waals surface area contributed by atoms with Crippen molar-refractivity contribution in [3.63, 3.8) is 0 Å². The highest BCUT2D eigenvalue weighted by Gasteiger charge is 2.27. The lowest BCUT2D eigenvalue weighted by Crippen LogP contribution is -2.47. The van der Waals surface area contributed by atoms with Crippen LogP contribution in [0.3, 0.4) is 0 Å². The maximum absolute atomic E-state index is 12.1. The second kappa shape index (κ2) is 7.39. The fourth-order valence-electron chi connectivity index (χ4n) is 3.50. The Bertz CT molecular complexity index is 1140. The van der Waals surface area contributed by atoms with Crippen molar-refractivity contribution in [2.75, 3.05) is 13.1 Å². The van der Waals surface area contributed by atoms with Gasteiger partial charge in [0.25, 0.3) is 0 Å². The number of likely N-dealkylation sites (tertiary alicyclic amines) is 1. The van der Waals surface area contributed by atoms with Gasteiger partial charge in [0, 0.05) is 36.8 Å². The van der Waals surface area contributed by atoms with E-state index < -0.39 is 10.0 Å². The van der Waals surface area contributed by atoms with Gasteiger partial charge in [0.05, 0.1) is 4.90 Å². The Hall–Kier alpha value is -3.08. The molecule has 29 heavy (non-hydrogen) atoms. The fraction of sp³-hybridized carbons (Fsp3) is 0.211. The molecule has 1 fully saturated rings. The van der Waals surface area contributed by atoms with Gasteiger partial charge in [-0.05, 0) is 33.2 Å². The quantitative estimate of drug-likeness (QED) is 0.550. The molecule has 2 heterocycles. The molecule has 1 aliphatic heterocycles. The van der Waals surface area contributed by atoms with Gasteiger partial charge in [0.2, 0.25) is 10.0 Å². The van der Waals surface area contributed by atoms with E-state index in [1.807, 2.05) is 30.3 Å². The zero-order valence-corrected chi connectivity index (χ0v) is 16.4. The number of benzene rings is 2. The van der Waals surface area contributed by atoms with Crippen LogP contribution in [0, 0.1) is 5.92 Å². The standard InChI is InChI=1S/C19H21N7O2S/c1-12(20)15-10-26(11-15)9-13-5-7-14(8-6-13)16-3-2-4-17(29(21,27)28)18(16)19-22-24-25-23-19/h2-8,15H,1,9-11,20H2,(H2,21,27,28)(H,22,23,24,25). The van der Waals surface area contributed by atoms with Gasteiger partial charge in [0.1, 0.15) is 0 Å². The third-order valence-electron chi connectivity index (χ3n) is 5.07. The molecule has 0 atom stereocenters. The number of nitrogens with two attached hydrogens (primary N) is 2. The molecule has 2 aromatic carbocycles. The van der Waals surface area contributed by atoms with Gasteiger partial charge in [0.15, 0.2) is 5.82 Å². The van der Waals surface area contributed by atoms with E-state index >= 15 is 0 Å². The number of hydrogen-bond donors (Lipinski definition) is 3. The monoisotopic (exact) mass is 411 g/mol. The highest BCUT2D eigenvalue weighted by molar-refractivity contribution is 7.89. The normalized spacial score (nSPS) is 15.2. The molecule has 0 bridgehead atoms. The Labute approximate surface area is 168 Å². The molecule has 10 heteroatoms. The largest absolute Gasteiger partial charge is 0.402 e. The number of sulfonamides is 1. The van der Waals surface area contributed by atoms with Gasteiger partial charge in [-0.15, -0.1) is 5.10 Å². The fourth-order valence-corrected chi connectivity index (χ4v) is 4.26. The number of tetrazole rings is 1. The first-order valence-electron chi connectivity index (χ1n) is 8.99. The third-order valence-corrected chi connectivity index (χ3v) is 6.02. The van der Waals surface area contributed by atoms with Crippen LogP contribution in [-0.2, 0) is 16.6 Å². The first kappa shape index (κ1) is 19.2. The van der Waals surface area contributed by atoms with E-state index in [0.717, 1.165) is 36.5 Å². The van der Waals surface area contributed by atoms with E-state index in [9.17, 15) is 8.42 Å². The van der Waals surface area contributed by atoms with Crippen molar-refractivity contribution in [2.45, 2.75) is 11.4 Å². The number of aromatic nitrogens is 4. The summed E-state index contributed by atoms with van der Waals surface area (Å²) in [4.78, 5) is 2.26.